The van der Waals surface area contributed by atoms with Crippen molar-refractivity contribution in [2.45, 2.75) is 32.4 Å². The van der Waals surface area contributed by atoms with Crippen LogP contribution in [0.15, 0.2) is 36.4 Å². The number of carbonyl (C=O) groups is 1. The van der Waals surface area contributed by atoms with Crippen LogP contribution in [0, 0.1) is 6.92 Å². The third-order valence-corrected chi connectivity index (χ3v) is 4.30. The largest absolute Gasteiger partial charge is 0.294 e. The maximum absolute atomic E-state index is 12.4. The van der Waals surface area contributed by atoms with Gasteiger partial charge in [0, 0.05) is 17.7 Å². The van der Waals surface area contributed by atoms with Gasteiger partial charge in [0.15, 0.2) is 5.78 Å². The minimum atomic E-state index is 0.266. The molecule has 0 aliphatic heterocycles. The van der Waals surface area contributed by atoms with Gasteiger partial charge in [0.25, 0.3) is 0 Å². The monoisotopic (exact) mass is 272 g/mol. The second kappa shape index (κ2) is 6.25. The van der Waals surface area contributed by atoms with E-state index in [2.05, 4.69) is 26.0 Å². The smallest absolute Gasteiger partial charge is 0.164 e. The maximum Gasteiger partial charge on any atom is 0.164 e. The highest BCUT2D eigenvalue weighted by Gasteiger charge is 2.13. The Morgan fingerprint density at radius 3 is 2.63 bits per heavy atom. The van der Waals surface area contributed by atoms with Crippen LogP contribution in [0.25, 0.3) is 10.8 Å². The predicted octanol–water partition coefficient (Wildman–Crippen LogP) is 4.86. The molecule has 100 valence electrons. The first-order valence-corrected chi connectivity index (χ1v) is 7.77. The second-order valence-corrected chi connectivity index (χ2v) is 6.76. The van der Waals surface area contributed by atoms with Crippen LogP contribution in [0.4, 0.5) is 0 Å². The Bertz CT molecular complexity index is 587. The highest BCUT2D eigenvalue weighted by atomic mass is 32.2. The van der Waals surface area contributed by atoms with E-state index in [1.54, 1.807) is 0 Å². The molecule has 0 aromatic heterocycles. The number of benzene rings is 2. The zero-order valence-corrected chi connectivity index (χ0v) is 12.6. The van der Waals surface area contributed by atoms with Crippen molar-refractivity contribution in [3.05, 3.63) is 47.5 Å². The van der Waals surface area contributed by atoms with Crippen molar-refractivity contribution in [2.24, 2.45) is 0 Å². The molecule has 0 saturated carbocycles. The number of rotatable bonds is 5. The topological polar surface area (TPSA) is 17.1 Å². The Balaban J connectivity index is 2.28. The van der Waals surface area contributed by atoms with Crippen LogP contribution in [-0.2, 0) is 0 Å². The van der Waals surface area contributed by atoms with E-state index in [0.29, 0.717) is 11.7 Å². The highest BCUT2D eigenvalue weighted by molar-refractivity contribution is 7.99. The second-order valence-electron chi connectivity index (χ2n) is 5.07. The van der Waals surface area contributed by atoms with Crippen molar-refractivity contribution in [1.29, 1.82) is 0 Å². The van der Waals surface area contributed by atoms with Crippen LogP contribution >= 0.6 is 11.8 Å². The standard InChI is InChI=1S/C17H20OS/c1-12(2)19-11-10-16(18)17-13(3)8-9-14-6-4-5-7-15(14)17/h4-9,12H,10-11H2,1-3H3. The summed E-state index contributed by atoms with van der Waals surface area (Å²) in [6, 6.07) is 12.3. The number of fused-ring (bicyclic) bond motifs is 1. The van der Waals surface area contributed by atoms with E-state index in [0.717, 1.165) is 27.7 Å². The van der Waals surface area contributed by atoms with E-state index in [-0.39, 0.29) is 5.78 Å². The van der Waals surface area contributed by atoms with Gasteiger partial charge in [-0.15, -0.1) is 0 Å². The van der Waals surface area contributed by atoms with Gasteiger partial charge in [-0.25, -0.2) is 0 Å². The number of hydrogen-bond acceptors (Lipinski definition) is 2. The molecule has 2 rings (SSSR count). The maximum atomic E-state index is 12.4. The summed E-state index contributed by atoms with van der Waals surface area (Å²) in [4.78, 5) is 12.4. The summed E-state index contributed by atoms with van der Waals surface area (Å²) in [5.41, 5.74) is 1.99. The van der Waals surface area contributed by atoms with Crippen molar-refractivity contribution < 1.29 is 4.79 Å². The summed E-state index contributed by atoms with van der Waals surface area (Å²) in [6.07, 6.45) is 0.623. The van der Waals surface area contributed by atoms with E-state index in [9.17, 15) is 4.79 Å². The van der Waals surface area contributed by atoms with Crippen LogP contribution in [0.5, 0.6) is 0 Å². The first kappa shape index (κ1) is 14.1. The first-order valence-electron chi connectivity index (χ1n) is 6.72. The molecule has 0 bridgehead atoms. The normalized spacial score (nSPS) is 11.2. The van der Waals surface area contributed by atoms with Gasteiger partial charge in [-0.05, 0) is 28.5 Å². The minimum absolute atomic E-state index is 0.266. The molecule has 0 radical (unpaired) electrons. The lowest BCUT2D eigenvalue weighted by molar-refractivity contribution is 0.0990. The molecule has 0 spiro atoms. The van der Waals surface area contributed by atoms with Gasteiger partial charge >= 0.3 is 0 Å². The van der Waals surface area contributed by atoms with Crippen LogP contribution in [-0.4, -0.2) is 16.8 Å². The molecule has 2 aromatic carbocycles. The zero-order valence-electron chi connectivity index (χ0n) is 11.8. The average Bonchev–Trinajstić information content (AvgIpc) is 2.38. The summed E-state index contributed by atoms with van der Waals surface area (Å²) < 4.78 is 0. The Labute approximate surface area is 119 Å². The average molecular weight is 272 g/mol. The molecule has 0 N–H and O–H groups in total. The van der Waals surface area contributed by atoms with Gasteiger partial charge in [-0.1, -0.05) is 50.2 Å². The SMILES string of the molecule is Cc1ccc2ccccc2c1C(=O)CCSC(C)C. The van der Waals surface area contributed by atoms with Crippen LogP contribution in [0.2, 0.25) is 0 Å². The number of thioether (sulfide) groups is 1. The molecule has 2 heteroatoms. The molecule has 0 unspecified atom stereocenters. The summed E-state index contributed by atoms with van der Waals surface area (Å²) in [5, 5.41) is 2.82. The molecule has 2 aromatic rings. The number of aryl methyl sites for hydroxylation is 1. The quantitative estimate of drug-likeness (QED) is 0.723. The fourth-order valence-electron chi connectivity index (χ4n) is 2.26. The number of Topliss-reactive ketones (excluding diaryl/α,β-unsaturated/α-hetero) is 1. The summed E-state index contributed by atoms with van der Waals surface area (Å²) in [6.45, 7) is 6.35. The fraction of sp³-hybridized carbons (Fsp3) is 0.353. The van der Waals surface area contributed by atoms with Gasteiger partial charge in [0.05, 0.1) is 0 Å². The van der Waals surface area contributed by atoms with E-state index in [1.165, 1.54) is 0 Å². The van der Waals surface area contributed by atoms with Crippen molar-refractivity contribution in [2.75, 3.05) is 5.75 Å². The molecule has 0 aliphatic carbocycles. The Hall–Kier alpha value is -1.28. The molecular weight excluding hydrogens is 252 g/mol. The number of ketones is 1. The first-order chi connectivity index (χ1) is 9.09. The molecule has 0 atom stereocenters. The van der Waals surface area contributed by atoms with Gasteiger partial charge < -0.3 is 0 Å². The fourth-order valence-corrected chi connectivity index (χ4v) is 3.04. The number of hydrogen-bond donors (Lipinski definition) is 0. The predicted molar refractivity (Wildman–Crippen MR) is 85.2 cm³/mol. The summed E-state index contributed by atoms with van der Waals surface area (Å²) >= 11 is 1.84. The molecular formula is C17H20OS. The van der Waals surface area contributed by atoms with Crippen molar-refractivity contribution in [3.8, 4) is 0 Å². The lowest BCUT2D eigenvalue weighted by Gasteiger charge is -2.10. The van der Waals surface area contributed by atoms with E-state index in [4.69, 9.17) is 0 Å². The molecule has 1 nitrogen and oxygen atoms in total. The van der Waals surface area contributed by atoms with Crippen LogP contribution in [0.3, 0.4) is 0 Å². The minimum Gasteiger partial charge on any atom is -0.294 e. The van der Waals surface area contributed by atoms with Gasteiger partial charge in [0.2, 0.25) is 0 Å². The zero-order chi connectivity index (χ0) is 13.8. The van der Waals surface area contributed by atoms with Crippen molar-refractivity contribution in [1.82, 2.24) is 0 Å². The molecule has 0 fully saturated rings. The Morgan fingerprint density at radius 2 is 1.89 bits per heavy atom. The third kappa shape index (κ3) is 3.38. The number of carbonyl (C=O) groups excluding carboxylic acids is 1. The van der Waals surface area contributed by atoms with Crippen molar-refractivity contribution in [3.63, 3.8) is 0 Å². The van der Waals surface area contributed by atoms with Gasteiger partial charge in [-0.3, -0.25) is 4.79 Å². The van der Waals surface area contributed by atoms with Crippen LogP contribution < -0.4 is 0 Å². The Kier molecular flexibility index (Phi) is 4.65. The molecule has 19 heavy (non-hydrogen) atoms. The molecule has 0 amide bonds. The van der Waals surface area contributed by atoms with Crippen molar-refractivity contribution >= 4 is 28.3 Å². The van der Waals surface area contributed by atoms with Gasteiger partial charge in [0.1, 0.15) is 0 Å². The van der Waals surface area contributed by atoms with Gasteiger partial charge in [-0.2, -0.15) is 11.8 Å². The lowest BCUT2D eigenvalue weighted by atomic mass is 9.96. The molecule has 0 aliphatic rings. The summed E-state index contributed by atoms with van der Waals surface area (Å²) in [7, 11) is 0. The summed E-state index contributed by atoms with van der Waals surface area (Å²) in [5.74, 6) is 1.17. The highest BCUT2D eigenvalue weighted by Crippen LogP contribution is 2.24. The molecule has 0 saturated heterocycles. The molecule has 0 heterocycles. The van der Waals surface area contributed by atoms with E-state index in [1.807, 2.05) is 43.0 Å². The Morgan fingerprint density at radius 1 is 1.16 bits per heavy atom. The lowest BCUT2D eigenvalue weighted by Crippen LogP contribution is -2.05. The van der Waals surface area contributed by atoms with Crippen LogP contribution in [0.1, 0.15) is 36.2 Å². The van der Waals surface area contributed by atoms with E-state index >= 15 is 0 Å². The van der Waals surface area contributed by atoms with E-state index < -0.39 is 0 Å². The third-order valence-electron chi connectivity index (χ3n) is 3.20.